The van der Waals surface area contributed by atoms with Crippen molar-refractivity contribution in [3.63, 3.8) is 0 Å². The van der Waals surface area contributed by atoms with Crippen LogP contribution in [0.3, 0.4) is 0 Å². The number of carbonyl (C=O) groups is 2. The first kappa shape index (κ1) is 28.8. The van der Waals surface area contributed by atoms with Crippen molar-refractivity contribution in [3.8, 4) is 17.3 Å². The minimum absolute atomic E-state index is 0.180. The zero-order valence-electron chi connectivity index (χ0n) is 23.4. The zero-order valence-corrected chi connectivity index (χ0v) is 23.4. The fraction of sp³-hybridized carbons (Fsp3) is 0.519. The summed E-state index contributed by atoms with van der Waals surface area (Å²) in [6, 6.07) is 9.91. The van der Waals surface area contributed by atoms with Crippen molar-refractivity contribution in [1.29, 1.82) is 0 Å². The van der Waals surface area contributed by atoms with Gasteiger partial charge in [-0.15, -0.1) is 10.2 Å². The van der Waals surface area contributed by atoms with Crippen LogP contribution in [0.1, 0.15) is 52.0 Å². The van der Waals surface area contributed by atoms with Gasteiger partial charge in [-0.05, 0) is 75.8 Å². The number of benzene rings is 1. The molecule has 0 radical (unpaired) electrons. The third kappa shape index (κ3) is 7.64. The molecule has 0 spiro atoms. The molecule has 0 saturated heterocycles. The Morgan fingerprint density at radius 2 is 1.76 bits per heavy atom. The van der Waals surface area contributed by atoms with E-state index in [9.17, 15) is 9.59 Å². The molecule has 0 fully saturated rings. The molecule has 2 heterocycles. The van der Waals surface area contributed by atoms with E-state index in [0.717, 1.165) is 18.8 Å². The van der Waals surface area contributed by atoms with Crippen LogP contribution in [-0.4, -0.2) is 80.6 Å². The van der Waals surface area contributed by atoms with Gasteiger partial charge < -0.3 is 24.3 Å². The molecule has 0 aliphatic heterocycles. The molecule has 1 aromatic carbocycles. The number of methoxy groups -OCH3 is 1. The summed E-state index contributed by atoms with van der Waals surface area (Å²) in [5.41, 5.74) is 0.192. The molecule has 3 aromatic rings. The fourth-order valence-corrected chi connectivity index (χ4v) is 4.06. The number of hydrogen-bond donors (Lipinski definition) is 1. The third-order valence-corrected chi connectivity index (χ3v) is 6.05. The summed E-state index contributed by atoms with van der Waals surface area (Å²) in [6.07, 6.45) is 0. The van der Waals surface area contributed by atoms with Crippen LogP contribution < -0.4 is 10.1 Å². The zero-order chi connectivity index (χ0) is 27.9. The van der Waals surface area contributed by atoms with Crippen molar-refractivity contribution < 1.29 is 18.7 Å². The summed E-state index contributed by atoms with van der Waals surface area (Å²) in [5, 5.41) is 15.5. The van der Waals surface area contributed by atoms with Gasteiger partial charge in [0.05, 0.1) is 7.11 Å². The molecule has 2 amide bonds. The first-order valence-corrected chi connectivity index (χ1v) is 12.9. The second kappa shape index (κ2) is 12.7. The van der Waals surface area contributed by atoms with Gasteiger partial charge in [-0.3, -0.25) is 9.59 Å². The Hall–Kier alpha value is -3.73. The smallest absolute Gasteiger partial charge is 0.247 e. The maximum Gasteiger partial charge on any atom is 0.247 e. The van der Waals surface area contributed by atoms with Crippen molar-refractivity contribution >= 4 is 11.8 Å². The maximum atomic E-state index is 13.8. The predicted octanol–water partition coefficient (Wildman–Crippen LogP) is 3.08. The monoisotopic (exact) mass is 525 g/mol. The minimum Gasteiger partial charge on any atom is -0.497 e. The Morgan fingerprint density at radius 3 is 2.32 bits per heavy atom. The summed E-state index contributed by atoms with van der Waals surface area (Å²) >= 11 is 0. The first-order chi connectivity index (χ1) is 18.0. The fourth-order valence-electron chi connectivity index (χ4n) is 4.06. The van der Waals surface area contributed by atoms with E-state index in [0.29, 0.717) is 30.2 Å². The van der Waals surface area contributed by atoms with Gasteiger partial charge in [-0.1, -0.05) is 26.0 Å². The van der Waals surface area contributed by atoms with Crippen LogP contribution >= 0.6 is 0 Å². The lowest BCUT2D eigenvalue weighted by Gasteiger charge is -2.35. The van der Waals surface area contributed by atoms with Crippen LogP contribution in [0.25, 0.3) is 11.6 Å². The van der Waals surface area contributed by atoms with Gasteiger partial charge in [-0.2, -0.15) is 4.80 Å². The molecule has 0 aliphatic carbocycles. The van der Waals surface area contributed by atoms with Gasteiger partial charge in [0.25, 0.3) is 0 Å². The number of aromatic nitrogens is 4. The molecule has 0 aliphatic rings. The molecule has 2 aromatic heterocycles. The summed E-state index contributed by atoms with van der Waals surface area (Å²) in [7, 11) is 1.59. The average Bonchev–Trinajstić information content (AvgIpc) is 3.51. The number of nitrogens with zero attached hydrogens (tertiary/aromatic N) is 6. The number of hydrogen-bond acceptors (Lipinski definition) is 8. The molecule has 11 nitrogen and oxygen atoms in total. The number of tetrazole rings is 1. The van der Waals surface area contributed by atoms with Crippen LogP contribution in [0.15, 0.2) is 40.8 Å². The van der Waals surface area contributed by atoms with Crippen molar-refractivity contribution in [2.24, 2.45) is 0 Å². The number of rotatable bonds is 12. The van der Waals surface area contributed by atoms with E-state index in [4.69, 9.17) is 9.15 Å². The number of ether oxygens (including phenoxy) is 1. The molecule has 0 bridgehead atoms. The van der Waals surface area contributed by atoms with Crippen LogP contribution in [0.4, 0.5) is 0 Å². The standard InChI is InChI=1S/C27H39N7O4/c1-8-32(9-2)16-17-33(23(35)18-34-30-25(29-31-34)22-15-10-19(3)38-22)24(26(36)28-27(4,5)6)20-11-13-21(37-7)14-12-20/h10-15,24H,8-9,16-18H2,1-7H3,(H,28,36). The van der Waals surface area contributed by atoms with E-state index in [1.54, 1.807) is 30.2 Å². The SMILES string of the molecule is CCN(CC)CCN(C(=O)Cn1nnc(-c2ccc(C)o2)n1)C(C(=O)NC(C)(C)C)c1ccc(OC)cc1. The molecule has 38 heavy (non-hydrogen) atoms. The minimum atomic E-state index is -0.862. The van der Waals surface area contributed by atoms with Crippen molar-refractivity contribution in [2.45, 2.75) is 59.7 Å². The maximum absolute atomic E-state index is 13.8. The van der Waals surface area contributed by atoms with E-state index in [1.165, 1.54) is 4.80 Å². The van der Waals surface area contributed by atoms with Gasteiger partial charge >= 0.3 is 0 Å². The summed E-state index contributed by atoms with van der Waals surface area (Å²) in [6.45, 7) is 14.1. The highest BCUT2D eigenvalue weighted by Gasteiger charge is 2.34. The van der Waals surface area contributed by atoms with Crippen molar-refractivity contribution in [3.05, 3.63) is 47.7 Å². The summed E-state index contributed by atoms with van der Waals surface area (Å²) in [4.78, 5) is 32.5. The summed E-state index contributed by atoms with van der Waals surface area (Å²) in [5.74, 6) is 1.58. The van der Waals surface area contributed by atoms with Crippen molar-refractivity contribution in [2.75, 3.05) is 33.3 Å². The largest absolute Gasteiger partial charge is 0.497 e. The second-order valence-corrected chi connectivity index (χ2v) is 10.1. The number of aryl methyl sites for hydroxylation is 1. The van der Waals surface area contributed by atoms with E-state index in [-0.39, 0.29) is 24.2 Å². The number of amides is 2. The normalized spacial score (nSPS) is 12.4. The molecule has 1 atom stereocenters. The Labute approximate surface area is 224 Å². The lowest BCUT2D eigenvalue weighted by molar-refractivity contribution is -0.142. The van der Waals surface area contributed by atoms with Gasteiger partial charge in [0, 0.05) is 18.6 Å². The number of carbonyl (C=O) groups excluding carboxylic acids is 2. The van der Waals surface area contributed by atoms with Gasteiger partial charge in [0.15, 0.2) is 5.76 Å². The molecule has 1 N–H and O–H groups in total. The Bertz CT molecular complexity index is 1190. The first-order valence-electron chi connectivity index (χ1n) is 12.9. The van der Waals surface area contributed by atoms with E-state index >= 15 is 0 Å². The lowest BCUT2D eigenvalue weighted by atomic mass is 10.0. The Balaban J connectivity index is 1.95. The third-order valence-electron chi connectivity index (χ3n) is 6.05. The quantitative estimate of drug-likeness (QED) is 0.383. The molecular formula is C27H39N7O4. The van der Waals surface area contributed by atoms with Crippen LogP contribution in [0.2, 0.25) is 0 Å². The molecular weight excluding hydrogens is 486 g/mol. The Morgan fingerprint density at radius 1 is 1.08 bits per heavy atom. The van der Waals surface area contributed by atoms with Gasteiger partial charge in [0.1, 0.15) is 24.1 Å². The molecule has 1 unspecified atom stereocenters. The van der Waals surface area contributed by atoms with E-state index < -0.39 is 11.6 Å². The van der Waals surface area contributed by atoms with Gasteiger partial charge in [-0.25, -0.2) is 0 Å². The lowest BCUT2D eigenvalue weighted by Crippen LogP contribution is -2.51. The summed E-state index contributed by atoms with van der Waals surface area (Å²) < 4.78 is 10.9. The highest BCUT2D eigenvalue weighted by Crippen LogP contribution is 2.25. The highest BCUT2D eigenvalue weighted by atomic mass is 16.5. The average molecular weight is 526 g/mol. The Kier molecular flexibility index (Phi) is 9.62. The number of likely N-dealkylation sites (N-methyl/N-ethyl adjacent to an activating group) is 1. The number of nitrogens with one attached hydrogen (secondary N) is 1. The topological polar surface area (TPSA) is 119 Å². The van der Waals surface area contributed by atoms with Crippen LogP contribution in [-0.2, 0) is 16.1 Å². The highest BCUT2D eigenvalue weighted by molar-refractivity contribution is 5.89. The van der Waals surface area contributed by atoms with E-state index in [1.807, 2.05) is 45.9 Å². The molecule has 0 saturated carbocycles. The van der Waals surface area contributed by atoms with Crippen LogP contribution in [0.5, 0.6) is 5.75 Å². The molecule has 3 rings (SSSR count). The molecule has 11 heteroatoms. The number of furan rings is 1. The second-order valence-electron chi connectivity index (χ2n) is 10.1. The van der Waals surface area contributed by atoms with Gasteiger partial charge in [0.2, 0.25) is 17.6 Å². The predicted molar refractivity (Wildman–Crippen MR) is 143 cm³/mol. The van der Waals surface area contributed by atoms with E-state index in [2.05, 4.69) is 39.5 Å². The van der Waals surface area contributed by atoms with Crippen molar-refractivity contribution in [1.82, 2.24) is 35.3 Å². The molecule has 206 valence electrons. The van der Waals surface area contributed by atoms with Crippen LogP contribution in [0, 0.1) is 6.92 Å².